The van der Waals surface area contributed by atoms with Crippen LogP contribution in [0.15, 0.2) is 24.4 Å². The van der Waals surface area contributed by atoms with Crippen LogP contribution in [0.2, 0.25) is 0 Å². The van der Waals surface area contributed by atoms with Crippen LogP contribution in [0, 0.1) is 0 Å². The van der Waals surface area contributed by atoms with Gasteiger partial charge < -0.3 is 14.1 Å². The van der Waals surface area contributed by atoms with E-state index in [2.05, 4.69) is 23.7 Å². The monoisotopic (exact) mass is 352 g/mol. The van der Waals surface area contributed by atoms with E-state index in [0.717, 1.165) is 55.4 Å². The number of fused-ring (bicyclic) bond motifs is 1. The summed E-state index contributed by atoms with van der Waals surface area (Å²) in [6, 6.07) is 5.48. The molecule has 0 spiro atoms. The molecular weight excluding hydrogens is 324 g/mol. The van der Waals surface area contributed by atoms with Crippen LogP contribution in [0.3, 0.4) is 0 Å². The van der Waals surface area contributed by atoms with Gasteiger partial charge >= 0.3 is 10.1 Å². The van der Waals surface area contributed by atoms with Crippen molar-refractivity contribution in [2.45, 2.75) is 40.0 Å². The molecule has 5 nitrogen and oxygen atoms in total. The molecule has 0 saturated heterocycles. The maximum Gasteiger partial charge on any atom is 0.308 e. The average Bonchev–Trinajstić information content (AvgIpc) is 2.97. The minimum Gasteiger partial charge on any atom is -0.382 e. The Morgan fingerprint density at radius 2 is 1.79 bits per heavy atom. The lowest BCUT2D eigenvalue weighted by Crippen LogP contribution is -2.27. The summed E-state index contributed by atoms with van der Waals surface area (Å²) in [5, 5.41) is 0.877. The van der Waals surface area contributed by atoms with Crippen LogP contribution in [0.25, 0.3) is 10.9 Å². The van der Waals surface area contributed by atoms with Gasteiger partial charge in [0.1, 0.15) is 0 Å². The van der Waals surface area contributed by atoms with Gasteiger partial charge in [0.25, 0.3) is 0 Å². The van der Waals surface area contributed by atoms with Gasteiger partial charge in [0.2, 0.25) is 0 Å². The lowest BCUT2D eigenvalue weighted by Gasteiger charge is -2.20. The number of benzene rings is 1. The predicted octanol–water partition coefficient (Wildman–Crippen LogP) is 3.56. The molecule has 1 aromatic heterocycles. The lowest BCUT2D eigenvalue weighted by atomic mass is 10.1. The third-order valence-corrected chi connectivity index (χ3v) is 5.24. The fourth-order valence-corrected chi connectivity index (χ4v) is 3.46. The molecule has 0 aliphatic heterocycles. The Hall–Kier alpha value is -1.53. The highest BCUT2D eigenvalue weighted by Crippen LogP contribution is 2.30. The Bertz CT molecular complexity index is 747. The lowest BCUT2D eigenvalue weighted by molar-refractivity contribution is 0.278. The first-order valence-electron chi connectivity index (χ1n) is 8.74. The maximum absolute atomic E-state index is 11.8. The third kappa shape index (κ3) is 4.74. The van der Waals surface area contributed by atoms with Crippen molar-refractivity contribution in [3.63, 3.8) is 0 Å². The summed E-state index contributed by atoms with van der Waals surface area (Å²) in [4.78, 5) is 5.68. The van der Waals surface area contributed by atoms with Gasteiger partial charge in [-0.05, 0) is 57.0 Å². The van der Waals surface area contributed by atoms with E-state index in [1.165, 1.54) is 0 Å². The van der Waals surface area contributed by atoms with E-state index >= 15 is 0 Å². The zero-order valence-electron chi connectivity index (χ0n) is 14.8. The van der Waals surface area contributed by atoms with E-state index in [1.54, 1.807) is 13.0 Å². The summed E-state index contributed by atoms with van der Waals surface area (Å²) in [6.45, 7) is 9.10. The molecule has 2 aromatic rings. The number of hydrogen-bond acceptors (Lipinski definition) is 4. The summed E-state index contributed by atoms with van der Waals surface area (Å²) >= 11 is 0. The average molecular weight is 353 g/mol. The molecule has 0 saturated carbocycles. The normalized spacial score (nSPS) is 12.2. The highest BCUT2D eigenvalue weighted by atomic mass is 32.2. The van der Waals surface area contributed by atoms with Crippen LogP contribution in [-0.2, 0) is 16.5 Å². The highest BCUT2D eigenvalue weighted by Gasteiger charge is 2.16. The molecule has 0 fully saturated rings. The molecule has 0 aliphatic carbocycles. The molecule has 2 rings (SSSR count). The molecule has 0 unspecified atom stereocenters. The van der Waals surface area contributed by atoms with Crippen molar-refractivity contribution in [2.75, 3.05) is 25.4 Å². The van der Waals surface area contributed by atoms with Gasteiger partial charge in [-0.2, -0.15) is 8.42 Å². The summed E-state index contributed by atoms with van der Waals surface area (Å²) in [5.74, 6) is 0.382. The minimum absolute atomic E-state index is 0.0378. The molecular formula is C18H28N2O3S. The van der Waals surface area contributed by atoms with Crippen molar-refractivity contribution in [3.8, 4) is 5.75 Å². The Morgan fingerprint density at radius 3 is 2.42 bits per heavy atom. The number of hydrogen-bond donors (Lipinski definition) is 1. The fraction of sp³-hybridized carbons (Fsp3) is 0.556. The molecule has 1 heterocycles. The first-order chi connectivity index (χ1) is 11.5. The van der Waals surface area contributed by atoms with E-state index in [1.807, 2.05) is 18.3 Å². The molecule has 1 N–H and O–H groups in total. The van der Waals surface area contributed by atoms with E-state index in [0.29, 0.717) is 5.75 Å². The van der Waals surface area contributed by atoms with Crippen molar-refractivity contribution < 1.29 is 12.6 Å². The molecule has 0 aliphatic rings. The van der Waals surface area contributed by atoms with Crippen LogP contribution >= 0.6 is 0 Å². The SMILES string of the molecule is CCCN(CCC)CCc1c[nH]c2cccc(OS(=O)(=O)CC)c12. The van der Waals surface area contributed by atoms with E-state index < -0.39 is 10.1 Å². The Labute approximate surface area is 145 Å². The molecule has 1 aromatic carbocycles. The summed E-state index contributed by atoms with van der Waals surface area (Å²) in [6.07, 6.45) is 5.10. The topological polar surface area (TPSA) is 62.4 Å². The molecule has 0 bridgehead atoms. The number of rotatable bonds is 10. The predicted molar refractivity (Wildman–Crippen MR) is 99.1 cm³/mol. The fourth-order valence-electron chi connectivity index (χ4n) is 2.93. The Morgan fingerprint density at radius 1 is 1.08 bits per heavy atom. The number of H-pyrrole nitrogens is 1. The molecule has 0 radical (unpaired) electrons. The Kier molecular flexibility index (Phi) is 6.69. The smallest absolute Gasteiger partial charge is 0.308 e. The number of nitrogens with zero attached hydrogens (tertiary/aromatic N) is 1. The molecule has 6 heteroatoms. The third-order valence-electron chi connectivity index (χ3n) is 4.10. The first kappa shape index (κ1) is 18.8. The number of aromatic nitrogens is 1. The largest absolute Gasteiger partial charge is 0.382 e. The van der Waals surface area contributed by atoms with Gasteiger partial charge in [-0.25, -0.2) is 0 Å². The van der Waals surface area contributed by atoms with Crippen molar-refractivity contribution in [1.82, 2.24) is 9.88 Å². The standard InChI is InChI=1S/C18H28N2O3S/c1-4-11-20(12-5-2)13-10-15-14-19-16-8-7-9-17(18(15)16)23-24(21,22)6-3/h7-9,14,19H,4-6,10-13H2,1-3H3. The minimum atomic E-state index is -3.53. The zero-order chi connectivity index (χ0) is 17.6. The highest BCUT2D eigenvalue weighted by molar-refractivity contribution is 7.87. The maximum atomic E-state index is 11.8. The van der Waals surface area contributed by atoms with Crippen molar-refractivity contribution in [3.05, 3.63) is 30.0 Å². The van der Waals surface area contributed by atoms with Crippen molar-refractivity contribution >= 4 is 21.0 Å². The van der Waals surface area contributed by atoms with E-state index in [4.69, 9.17) is 4.18 Å². The van der Waals surface area contributed by atoms with Crippen LogP contribution < -0.4 is 4.18 Å². The summed E-state index contributed by atoms with van der Waals surface area (Å²) in [7, 11) is -3.53. The van der Waals surface area contributed by atoms with Gasteiger partial charge in [0.05, 0.1) is 5.75 Å². The molecule has 134 valence electrons. The second kappa shape index (κ2) is 8.53. The van der Waals surface area contributed by atoms with E-state index in [9.17, 15) is 8.42 Å². The van der Waals surface area contributed by atoms with Gasteiger partial charge in [-0.3, -0.25) is 0 Å². The number of nitrogens with one attached hydrogen (secondary N) is 1. The second-order valence-electron chi connectivity index (χ2n) is 6.01. The molecule has 0 atom stereocenters. The summed E-state index contributed by atoms with van der Waals surface area (Å²) in [5.41, 5.74) is 2.01. The number of aromatic amines is 1. The van der Waals surface area contributed by atoms with Crippen LogP contribution in [0.5, 0.6) is 5.75 Å². The van der Waals surface area contributed by atoms with Crippen molar-refractivity contribution in [1.29, 1.82) is 0 Å². The Balaban J connectivity index is 2.24. The molecule has 0 amide bonds. The summed E-state index contributed by atoms with van der Waals surface area (Å²) < 4.78 is 29.0. The van der Waals surface area contributed by atoms with Crippen LogP contribution in [-0.4, -0.2) is 43.7 Å². The van der Waals surface area contributed by atoms with Gasteiger partial charge in [0, 0.05) is 23.6 Å². The van der Waals surface area contributed by atoms with Gasteiger partial charge in [-0.1, -0.05) is 19.9 Å². The van der Waals surface area contributed by atoms with Crippen LogP contribution in [0.4, 0.5) is 0 Å². The van der Waals surface area contributed by atoms with Gasteiger partial charge in [-0.15, -0.1) is 0 Å². The second-order valence-corrected chi connectivity index (χ2v) is 7.87. The van der Waals surface area contributed by atoms with E-state index in [-0.39, 0.29) is 5.75 Å². The van der Waals surface area contributed by atoms with Crippen LogP contribution in [0.1, 0.15) is 39.2 Å². The van der Waals surface area contributed by atoms with Gasteiger partial charge in [0.15, 0.2) is 5.75 Å². The quantitative estimate of drug-likeness (QED) is 0.664. The zero-order valence-corrected chi connectivity index (χ0v) is 15.7. The first-order valence-corrected chi connectivity index (χ1v) is 10.3. The molecule has 24 heavy (non-hydrogen) atoms. The van der Waals surface area contributed by atoms with Crippen molar-refractivity contribution in [2.24, 2.45) is 0 Å².